The van der Waals surface area contributed by atoms with Crippen LogP contribution in [0.1, 0.15) is 25.7 Å². The maximum atomic E-state index is 13.3. The Morgan fingerprint density at radius 2 is 2.13 bits per heavy atom. The molecule has 1 aromatic carbocycles. The molecule has 13 heteroatoms. The summed E-state index contributed by atoms with van der Waals surface area (Å²) in [4.78, 5) is 12.6. The number of benzene rings is 1. The van der Waals surface area contributed by atoms with Crippen LogP contribution in [0.25, 0.3) is 11.4 Å². The average Bonchev–Trinajstić information content (AvgIpc) is 3.15. The van der Waals surface area contributed by atoms with Crippen LogP contribution in [0, 0.1) is 5.92 Å². The zero-order valence-corrected chi connectivity index (χ0v) is 17.0. The van der Waals surface area contributed by atoms with Crippen LogP contribution in [0.5, 0.6) is 5.75 Å². The Labute approximate surface area is 173 Å². The predicted octanol–water partition coefficient (Wildman–Crippen LogP) is 1.60. The fraction of sp³-hybridized carbons (Fsp3) is 0.529. The minimum absolute atomic E-state index is 0.0606. The Hall–Kier alpha value is -2.67. The lowest BCUT2D eigenvalue weighted by Crippen LogP contribution is -2.35. The van der Waals surface area contributed by atoms with Gasteiger partial charge in [0.1, 0.15) is 12.3 Å². The number of methoxy groups -OCH3 is 1. The number of rotatable bonds is 8. The number of alkyl halides is 2. The maximum absolute atomic E-state index is 13.3. The van der Waals surface area contributed by atoms with Gasteiger partial charge in [-0.25, -0.2) is 13.0 Å². The number of primary amides is 1. The molecule has 0 bridgehead atoms. The van der Waals surface area contributed by atoms with Crippen LogP contribution in [-0.4, -0.2) is 54.5 Å². The third-order valence-corrected chi connectivity index (χ3v) is 5.61. The van der Waals surface area contributed by atoms with Gasteiger partial charge in [0.15, 0.2) is 0 Å². The van der Waals surface area contributed by atoms with E-state index in [-0.39, 0.29) is 36.0 Å². The first-order valence-corrected chi connectivity index (χ1v) is 10.3. The number of nitrogens with two attached hydrogens (primary N) is 1. The molecule has 1 amide bonds. The molecule has 1 aliphatic carbocycles. The van der Waals surface area contributed by atoms with Crippen molar-refractivity contribution in [3.05, 3.63) is 18.2 Å². The van der Waals surface area contributed by atoms with Gasteiger partial charge in [-0.1, -0.05) is 0 Å². The van der Waals surface area contributed by atoms with Gasteiger partial charge in [-0.05, 0) is 42.2 Å². The standard InChI is InChI=1S/C17H22F2N6O4S/c1-29-14-8-12(2-3-13(14)24(30(27)28)10-15(20)26)16-21-23-25(22-16)9-11-4-6-17(18,19)7-5-11/h2-3,8,11H,4-7,9-10H2,1H3,(H2,20,26)(H,27,28). The molecule has 0 saturated heterocycles. The number of hydrogen-bond acceptors (Lipinski definition) is 6. The highest BCUT2D eigenvalue weighted by Crippen LogP contribution is 2.37. The molecule has 1 unspecified atom stereocenters. The van der Waals surface area contributed by atoms with E-state index in [1.165, 1.54) is 18.0 Å². The van der Waals surface area contributed by atoms with Gasteiger partial charge in [-0.3, -0.25) is 13.7 Å². The van der Waals surface area contributed by atoms with Crippen LogP contribution in [0.4, 0.5) is 14.5 Å². The predicted molar refractivity (Wildman–Crippen MR) is 104 cm³/mol. The van der Waals surface area contributed by atoms with E-state index in [9.17, 15) is 22.3 Å². The Kier molecular flexibility index (Phi) is 6.61. The average molecular weight is 444 g/mol. The molecule has 1 atom stereocenters. The van der Waals surface area contributed by atoms with E-state index >= 15 is 0 Å². The number of anilines is 1. The fourth-order valence-electron chi connectivity index (χ4n) is 3.34. The number of tetrazole rings is 1. The van der Waals surface area contributed by atoms with Gasteiger partial charge < -0.3 is 10.5 Å². The monoisotopic (exact) mass is 444 g/mol. The normalized spacial score (nSPS) is 17.5. The van der Waals surface area contributed by atoms with Gasteiger partial charge >= 0.3 is 0 Å². The molecule has 1 saturated carbocycles. The van der Waals surface area contributed by atoms with Crippen LogP contribution in [-0.2, 0) is 22.6 Å². The van der Waals surface area contributed by atoms with Crippen molar-refractivity contribution in [2.24, 2.45) is 11.7 Å². The molecule has 0 radical (unpaired) electrons. The first-order valence-electron chi connectivity index (χ1n) is 9.19. The number of carbonyl (C=O) groups excluding carboxylic acids is 1. The van der Waals surface area contributed by atoms with Crippen molar-refractivity contribution < 1.29 is 27.1 Å². The van der Waals surface area contributed by atoms with E-state index in [0.717, 1.165) is 4.31 Å². The van der Waals surface area contributed by atoms with E-state index in [2.05, 4.69) is 15.4 Å². The summed E-state index contributed by atoms with van der Waals surface area (Å²) in [6.07, 6.45) is 0.540. The minimum atomic E-state index is -2.59. The molecule has 30 heavy (non-hydrogen) atoms. The number of amides is 1. The lowest BCUT2D eigenvalue weighted by atomic mass is 9.87. The number of aromatic nitrogens is 4. The molecule has 1 aromatic heterocycles. The summed E-state index contributed by atoms with van der Waals surface area (Å²) in [5.41, 5.74) is 5.85. The molecule has 0 aliphatic heterocycles. The number of ether oxygens (including phenoxy) is 1. The molecule has 3 N–H and O–H groups in total. The summed E-state index contributed by atoms with van der Waals surface area (Å²) in [7, 11) is 1.37. The first-order chi connectivity index (χ1) is 14.2. The molecule has 10 nitrogen and oxygen atoms in total. The number of carbonyl (C=O) groups is 1. The highest BCUT2D eigenvalue weighted by molar-refractivity contribution is 7.80. The van der Waals surface area contributed by atoms with E-state index < -0.39 is 29.6 Å². The van der Waals surface area contributed by atoms with Crippen molar-refractivity contribution >= 4 is 22.9 Å². The van der Waals surface area contributed by atoms with Crippen molar-refractivity contribution in [2.75, 3.05) is 18.0 Å². The van der Waals surface area contributed by atoms with Crippen LogP contribution in [0.3, 0.4) is 0 Å². The summed E-state index contributed by atoms with van der Waals surface area (Å²) in [5, 5.41) is 12.3. The highest BCUT2D eigenvalue weighted by Gasteiger charge is 2.35. The molecular weight excluding hydrogens is 422 g/mol. The van der Waals surface area contributed by atoms with Crippen molar-refractivity contribution in [2.45, 2.75) is 38.2 Å². The largest absolute Gasteiger partial charge is 0.495 e. The second-order valence-corrected chi connectivity index (χ2v) is 7.99. The van der Waals surface area contributed by atoms with Crippen LogP contribution in [0.15, 0.2) is 18.2 Å². The van der Waals surface area contributed by atoms with Crippen molar-refractivity contribution in [1.29, 1.82) is 0 Å². The van der Waals surface area contributed by atoms with Crippen LogP contribution in [0.2, 0.25) is 0 Å². The van der Waals surface area contributed by atoms with Crippen LogP contribution >= 0.6 is 0 Å². The molecule has 164 valence electrons. The summed E-state index contributed by atoms with van der Waals surface area (Å²) in [5.74, 6) is -2.82. The summed E-state index contributed by atoms with van der Waals surface area (Å²) >= 11 is -2.49. The Bertz CT molecular complexity index is 931. The molecule has 1 heterocycles. The zero-order valence-electron chi connectivity index (χ0n) is 16.2. The van der Waals surface area contributed by atoms with Crippen LogP contribution < -0.4 is 14.8 Å². The quantitative estimate of drug-likeness (QED) is 0.590. The SMILES string of the molecule is COc1cc(-c2nnn(CC3CCC(F)(F)CC3)n2)ccc1N(CC(N)=O)S(=O)O. The van der Waals surface area contributed by atoms with Gasteiger partial charge in [0.25, 0.3) is 11.3 Å². The van der Waals surface area contributed by atoms with E-state index in [0.29, 0.717) is 24.9 Å². The second-order valence-electron chi connectivity index (χ2n) is 7.09. The smallest absolute Gasteiger partial charge is 0.262 e. The Morgan fingerprint density at radius 1 is 1.43 bits per heavy atom. The van der Waals surface area contributed by atoms with Gasteiger partial charge in [0.2, 0.25) is 17.7 Å². The lowest BCUT2D eigenvalue weighted by molar-refractivity contribution is -0.116. The fourth-order valence-corrected chi connectivity index (χ4v) is 3.90. The molecular formula is C17H22F2N6O4S. The Balaban J connectivity index is 1.77. The van der Waals surface area contributed by atoms with Gasteiger partial charge in [-0.15, -0.1) is 10.2 Å². The molecule has 1 fully saturated rings. The second kappa shape index (κ2) is 9.00. The first kappa shape index (κ1) is 22.0. The summed E-state index contributed by atoms with van der Waals surface area (Å²) in [6, 6.07) is 4.61. The van der Waals surface area contributed by atoms with Crippen molar-refractivity contribution in [1.82, 2.24) is 20.2 Å². The number of halogens is 2. The maximum Gasteiger partial charge on any atom is 0.262 e. The third-order valence-electron chi connectivity index (χ3n) is 4.91. The van der Waals surface area contributed by atoms with Gasteiger partial charge in [-0.2, -0.15) is 4.80 Å². The lowest BCUT2D eigenvalue weighted by Gasteiger charge is -2.27. The number of hydrogen-bond donors (Lipinski definition) is 2. The van der Waals surface area contributed by atoms with Gasteiger partial charge in [0, 0.05) is 18.4 Å². The van der Waals surface area contributed by atoms with E-state index in [1.54, 1.807) is 12.1 Å². The molecule has 2 aromatic rings. The topological polar surface area (TPSA) is 136 Å². The van der Waals surface area contributed by atoms with Crippen molar-refractivity contribution in [3.63, 3.8) is 0 Å². The molecule has 0 spiro atoms. The zero-order chi connectivity index (χ0) is 21.9. The minimum Gasteiger partial charge on any atom is -0.495 e. The van der Waals surface area contributed by atoms with E-state index in [4.69, 9.17) is 10.5 Å². The van der Waals surface area contributed by atoms with Gasteiger partial charge in [0.05, 0.1) is 19.3 Å². The summed E-state index contributed by atoms with van der Waals surface area (Å²) < 4.78 is 53.8. The van der Waals surface area contributed by atoms with E-state index in [1.807, 2.05) is 0 Å². The molecule has 1 aliphatic rings. The summed E-state index contributed by atoms with van der Waals surface area (Å²) in [6.45, 7) is -0.0815. The third kappa shape index (κ3) is 5.27. The molecule has 3 rings (SSSR count). The number of nitrogens with zero attached hydrogens (tertiary/aromatic N) is 5. The Morgan fingerprint density at radius 3 is 2.73 bits per heavy atom. The van der Waals surface area contributed by atoms with Crippen molar-refractivity contribution in [3.8, 4) is 17.1 Å². The highest BCUT2D eigenvalue weighted by atomic mass is 32.2.